The van der Waals surface area contributed by atoms with E-state index in [1.54, 1.807) is 55.5 Å². The van der Waals surface area contributed by atoms with Gasteiger partial charge < -0.3 is 14.8 Å². The second-order valence-corrected chi connectivity index (χ2v) is 13.0. The molecular weight excluding hydrogens is 614 g/mol. The van der Waals surface area contributed by atoms with Gasteiger partial charge in [0.25, 0.3) is 20.0 Å². The molecule has 13 heteroatoms. The zero-order chi connectivity index (χ0) is 31.0. The second-order valence-electron chi connectivity index (χ2n) is 9.00. The zero-order valence-corrected chi connectivity index (χ0v) is 25.7. The van der Waals surface area contributed by atoms with Crippen LogP contribution in [0.4, 0.5) is 17.1 Å². The number of benzene rings is 4. The summed E-state index contributed by atoms with van der Waals surface area (Å²) in [6.07, 6.45) is 0. The molecule has 0 aliphatic heterocycles. The molecule has 43 heavy (non-hydrogen) atoms. The van der Waals surface area contributed by atoms with Crippen LogP contribution in [0.1, 0.15) is 13.8 Å². The number of halogens is 1. The molecule has 4 aromatic carbocycles. The van der Waals surface area contributed by atoms with Crippen molar-refractivity contribution in [2.45, 2.75) is 23.6 Å². The Hall–Kier alpha value is -4.26. The van der Waals surface area contributed by atoms with E-state index in [0.717, 1.165) is 4.31 Å². The van der Waals surface area contributed by atoms with Gasteiger partial charge in [-0.1, -0.05) is 23.7 Å². The van der Waals surface area contributed by atoms with Crippen LogP contribution in [-0.4, -0.2) is 42.5 Å². The van der Waals surface area contributed by atoms with Crippen LogP contribution in [0.3, 0.4) is 0 Å². The highest BCUT2D eigenvalue weighted by Crippen LogP contribution is 2.33. The molecule has 0 fully saturated rings. The van der Waals surface area contributed by atoms with Crippen LogP contribution in [-0.2, 0) is 24.8 Å². The molecule has 0 atom stereocenters. The number of para-hydroxylation sites is 2. The van der Waals surface area contributed by atoms with Crippen molar-refractivity contribution in [1.82, 2.24) is 0 Å². The van der Waals surface area contributed by atoms with Crippen LogP contribution in [0.5, 0.6) is 11.5 Å². The number of hydrogen-bond acceptors (Lipinski definition) is 7. The fraction of sp³-hybridized carbons (Fsp3) is 0.167. The number of carbonyl (C=O) groups is 1. The molecule has 0 unspecified atom stereocenters. The van der Waals surface area contributed by atoms with Crippen molar-refractivity contribution in [3.8, 4) is 11.5 Å². The quantitative estimate of drug-likeness (QED) is 0.189. The van der Waals surface area contributed by atoms with Crippen LogP contribution in [0, 0.1) is 0 Å². The maximum atomic E-state index is 13.7. The maximum Gasteiger partial charge on any atom is 0.264 e. The van der Waals surface area contributed by atoms with Crippen molar-refractivity contribution in [2.24, 2.45) is 0 Å². The standard InChI is InChI=1S/C30H30ClN3O7S2/c1-3-40-25-15-11-24(12-16-25)33-42(36,37)26-19-13-23(14-20-26)32-30(35)21-34(28-7-5-6-8-29(28)41-4-2)43(38,39)27-17-9-22(31)10-18-27/h5-20,33H,3-4,21H2,1-2H3,(H,32,35). The average Bonchev–Trinajstić information content (AvgIpc) is 2.98. The molecular formula is C30H30ClN3O7S2. The summed E-state index contributed by atoms with van der Waals surface area (Å²) in [5.74, 6) is 0.239. The number of anilines is 3. The zero-order valence-electron chi connectivity index (χ0n) is 23.4. The normalized spacial score (nSPS) is 11.4. The average molecular weight is 644 g/mol. The van der Waals surface area contributed by atoms with E-state index < -0.39 is 32.5 Å². The first-order valence-electron chi connectivity index (χ1n) is 13.2. The van der Waals surface area contributed by atoms with Gasteiger partial charge in [-0.2, -0.15) is 0 Å². The lowest BCUT2D eigenvalue weighted by molar-refractivity contribution is -0.114. The fourth-order valence-corrected chi connectivity index (χ4v) is 6.64. The van der Waals surface area contributed by atoms with E-state index >= 15 is 0 Å². The monoisotopic (exact) mass is 643 g/mol. The highest BCUT2D eigenvalue weighted by molar-refractivity contribution is 7.93. The van der Waals surface area contributed by atoms with Gasteiger partial charge in [-0.3, -0.25) is 13.8 Å². The lowest BCUT2D eigenvalue weighted by Gasteiger charge is -2.26. The molecule has 0 saturated heterocycles. The van der Waals surface area contributed by atoms with Crippen LogP contribution in [0.2, 0.25) is 5.02 Å². The Kier molecular flexibility index (Phi) is 10.2. The van der Waals surface area contributed by atoms with Crippen molar-refractivity contribution < 1.29 is 31.1 Å². The molecule has 10 nitrogen and oxygen atoms in total. The van der Waals surface area contributed by atoms with Gasteiger partial charge in [-0.25, -0.2) is 16.8 Å². The molecule has 0 bridgehead atoms. The van der Waals surface area contributed by atoms with E-state index in [-0.39, 0.29) is 33.5 Å². The molecule has 0 heterocycles. The Labute approximate surface area is 256 Å². The number of ether oxygens (including phenoxy) is 2. The van der Waals surface area contributed by atoms with Crippen molar-refractivity contribution >= 4 is 54.6 Å². The Morgan fingerprint density at radius 2 is 1.33 bits per heavy atom. The summed E-state index contributed by atoms with van der Waals surface area (Å²) >= 11 is 5.96. The van der Waals surface area contributed by atoms with E-state index in [1.807, 2.05) is 6.92 Å². The minimum atomic E-state index is -4.22. The summed E-state index contributed by atoms with van der Waals surface area (Å²) in [6.45, 7) is 3.79. The summed E-state index contributed by atoms with van der Waals surface area (Å²) in [4.78, 5) is 13.1. The lowest BCUT2D eigenvalue weighted by atomic mass is 10.3. The molecule has 1 amide bonds. The van der Waals surface area contributed by atoms with Gasteiger partial charge >= 0.3 is 0 Å². The molecule has 0 saturated carbocycles. The molecule has 2 N–H and O–H groups in total. The molecule has 0 spiro atoms. The van der Waals surface area contributed by atoms with Crippen molar-refractivity contribution in [3.63, 3.8) is 0 Å². The summed E-state index contributed by atoms with van der Waals surface area (Å²) in [7, 11) is -8.14. The number of hydrogen-bond donors (Lipinski definition) is 2. The fourth-order valence-electron chi connectivity index (χ4n) is 4.02. The van der Waals surface area contributed by atoms with E-state index in [9.17, 15) is 21.6 Å². The van der Waals surface area contributed by atoms with Crippen LogP contribution < -0.4 is 23.8 Å². The predicted octanol–water partition coefficient (Wildman–Crippen LogP) is 5.77. The summed E-state index contributed by atoms with van der Waals surface area (Å²) in [5.41, 5.74) is 0.804. The number of rotatable bonds is 13. The third-order valence-corrected chi connectivity index (χ3v) is 9.41. The smallest absolute Gasteiger partial charge is 0.264 e. The van der Waals surface area contributed by atoms with Crippen LogP contribution in [0.25, 0.3) is 0 Å². The first-order chi connectivity index (χ1) is 20.5. The minimum Gasteiger partial charge on any atom is -0.494 e. The van der Waals surface area contributed by atoms with Crippen molar-refractivity contribution in [1.29, 1.82) is 0 Å². The molecule has 0 radical (unpaired) electrons. The van der Waals surface area contributed by atoms with Gasteiger partial charge in [0, 0.05) is 16.4 Å². The summed E-state index contributed by atoms with van der Waals surface area (Å²) in [6, 6.07) is 24.1. The first-order valence-corrected chi connectivity index (χ1v) is 16.5. The van der Waals surface area contributed by atoms with E-state index in [4.69, 9.17) is 21.1 Å². The van der Waals surface area contributed by atoms with Gasteiger partial charge in [0.15, 0.2) is 0 Å². The highest BCUT2D eigenvalue weighted by atomic mass is 35.5. The van der Waals surface area contributed by atoms with Gasteiger partial charge in [-0.15, -0.1) is 0 Å². The molecule has 4 aromatic rings. The number of sulfonamides is 2. The Morgan fingerprint density at radius 1 is 0.744 bits per heavy atom. The Balaban J connectivity index is 1.53. The highest BCUT2D eigenvalue weighted by Gasteiger charge is 2.29. The van der Waals surface area contributed by atoms with Crippen LogP contribution in [0.15, 0.2) is 107 Å². The van der Waals surface area contributed by atoms with Gasteiger partial charge in [-0.05, 0) is 98.8 Å². The number of amides is 1. The number of nitrogens with zero attached hydrogens (tertiary/aromatic N) is 1. The van der Waals surface area contributed by atoms with E-state index in [2.05, 4.69) is 10.0 Å². The van der Waals surface area contributed by atoms with Crippen molar-refractivity contribution in [2.75, 3.05) is 34.1 Å². The van der Waals surface area contributed by atoms with Gasteiger partial charge in [0.2, 0.25) is 5.91 Å². The second kappa shape index (κ2) is 13.8. The first kappa shape index (κ1) is 31.7. The van der Waals surface area contributed by atoms with Gasteiger partial charge in [0.05, 0.1) is 28.7 Å². The van der Waals surface area contributed by atoms with E-state index in [0.29, 0.717) is 23.1 Å². The molecule has 0 aliphatic carbocycles. The maximum absolute atomic E-state index is 13.7. The largest absolute Gasteiger partial charge is 0.494 e. The topological polar surface area (TPSA) is 131 Å². The predicted molar refractivity (Wildman–Crippen MR) is 167 cm³/mol. The number of carbonyl (C=O) groups excluding carboxylic acids is 1. The Morgan fingerprint density at radius 3 is 1.95 bits per heavy atom. The number of nitrogens with one attached hydrogen (secondary N) is 2. The third-order valence-electron chi connectivity index (χ3n) is 5.99. The van der Waals surface area contributed by atoms with Gasteiger partial charge in [0.1, 0.15) is 18.0 Å². The third kappa shape index (κ3) is 7.98. The SMILES string of the molecule is CCOc1ccc(NS(=O)(=O)c2ccc(NC(=O)CN(c3ccccc3OCC)S(=O)(=O)c3ccc(Cl)cc3)cc2)cc1. The van der Waals surface area contributed by atoms with Crippen molar-refractivity contribution in [3.05, 3.63) is 102 Å². The lowest BCUT2D eigenvalue weighted by Crippen LogP contribution is -2.38. The molecule has 226 valence electrons. The minimum absolute atomic E-state index is 0.0306. The summed E-state index contributed by atoms with van der Waals surface area (Å²) < 4.78 is 67.6. The van der Waals surface area contributed by atoms with E-state index in [1.165, 1.54) is 48.5 Å². The van der Waals surface area contributed by atoms with Crippen LogP contribution >= 0.6 is 11.6 Å². The molecule has 4 rings (SSSR count). The Bertz CT molecular complexity index is 1760. The molecule has 0 aromatic heterocycles. The summed E-state index contributed by atoms with van der Waals surface area (Å²) in [5, 5.41) is 3.00. The molecule has 0 aliphatic rings.